The number of rotatable bonds is 3. The standard InChI is InChI=1S/C13H9BrCl2N2O2/c1-20-11-4-7(2-3-9(11)14)18-13(19)8-5-12(16)17-6-10(8)15/h2-6H,1H3,(H,18,19). The van der Waals surface area contributed by atoms with Gasteiger partial charge in [-0.3, -0.25) is 4.79 Å². The smallest absolute Gasteiger partial charge is 0.257 e. The molecular formula is C13H9BrCl2N2O2. The number of nitrogens with zero attached hydrogens (tertiary/aromatic N) is 1. The Morgan fingerprint density at radius 3 is 2.80 bits per heavy atom. The monoisotopic (exact) mass is 374 g/mol. The van der Waals surface area contributed by atoms with Crippen molar-refractivity contribution in [1.29, 1.82) is 0 Å². The van der Waals surface area contributed by atoms with Crippen LogP contribution in [0.3, 0.4) is 0 Å². The molecule has 0 aliphatic carbocycles. The lowest BCUT2D eigenvalue weighted by atomic mass is 10.2. The van der Waals surface area contributed by atoms with Crippen LogP contribution in [0.2, 0.25) is 10.2 Å². The molecule has 1 heterocycles. The van der Waals surface area contributed by atoms with E-state index in [1.807, 2.05) is 0 Å². The highest BCUT2D eigenvalue weighted by atomic mass is 79.9. The summed E-state index contributed by atoms with van der Waals surface area (Å²) in [7, 11) is 1.55. The van der Waals surface area contributed by atoms with Crippen LogP contribution in [-0.2, 0) is 0 Å². The number of amides is 1. The van der Waals surface area contributed by atoms with Gasteiger partial charge in [0, 0.05) is 18.0 Å². The first kappa shape index (κ1) is 15.1. The molecular weight excluding hydrogens is 367 g/mol. The SMILES string of the molecule is COc1cc(NC(=O)c2cc(Cl)ncc2Cl)ccc1Br. The summed E-state index contributed by atoms with van der Waals surface area (Å²) in [4.78, 5) is 15.9. The highest BCUT2D eigenvalue weighted by Crippen LogP contribution is 2.28. The van der Waals surface area contributed by atoms with Crippen molar-refractivity contribution in [3.8, 4) is 5.75 Å². The van der Waals surface area contributed by atoms with Gasteiger partial charge in [0.15, 0.2) is 0 Å². The number of hydrogen-bond donors (Lipinski definition) is 1. The average molecular weight is 376 g/mol. The quantitative estimate of drug-likeness (QED) is 0.808. The maximum atomic E-state index is 12.1. The molecule has 0 fully saturated rings. The van der Waals surface area contributed by atoms with Crippen molar-refractivity contribution in [2.75, 3.05) is 12.4 Å². The number of methoxy groups -OCH3 is 1. The van der Waals surface area contributed by atoms with Gasteiger partial charge in [0.05, 0.1) is 22.2 Å². The summed E-state index contributed by atoms with van der Waals surface area (Å²) >= 11 is 15.0. The van der Waals surface area contributed by atoms with Crippen molar-refractivity contribution >= 4 is 50.7 Å². The fraction of sp³-hybridized carbons (Fsp3) is 0.0769. The number of pyridine rings is 1. The third-order valence-electron chi connectivity index (χ3n) is 2.48. The third kappa shape index (κ3) is 3.42. The molecule has 7 heteroatoms. The zero-order valence-corrected chi connectivity index (χ0v) is 13.4. The molecule has 1 N–H and O–H groups in total. The second kappa shape index (κ2) is 6.43. The Bertz CT molecular complexity index is 665. The number of benzene rings is 1. The summed E-state index contributed by atoms with van der Waals surface area (Å²) in [6, 6.07) is 6.62. The van der Waals surface area contributed by atoms with E-state index in [9.17, 15) is 4.79 Å². The largest absolute Gasteiger partial charge is 0.495 e. The number of anilines is 1. The molecule has 0 unspecified atom stereocenters. The summed E-state index contributed by atoms with van der Waals surface area (Å²) in [6.45, 7) is 0. The van der Waals surface area contributed by atoms with E-state index in [4.69, 9.17) is 27.9 Å². The van der Waals surface area contributed by atoms with Gasteiger partial charge < -0.3 is 10.1 Å². The highest BCUT2D eigenvalue weighted by molar-refractivity contribution is 9.10. The molecule has 20 heavy (non-hydrogen) atoms. The maximum Gasteiger partial charge on any atom is 0.257 e. The van der Waals surface area contributed by atoms with Crippen LogP contribution in [0.25, 0.3) is 0 Å². The Hall–Kier alpha value is -1.30. The number of carbonyl (C=O) groups excluding carboxylic acids is 1. The summed E-state index contributed by atoms with van der Waals surface area (Å²) in [5.74, 6) is 0.241. The van der Waals surface area contributed by atoms with E-state index < -0.39 is 0 Å². The van der Waals surface area contributed by atoms with Crippen LogP contribution in [0.1, 0.15) is 10.4 Å². The van der Waals surface area contributed by atoms with Gasteiger partial charge in [-0.25, -0.2) is 4.98 Å². The average Bonchev–Trinajstić information content (AvgIpc) is 2.43. The van der Waals surface area contributed by atoms with Crippen molar-refractivity contribution in [1.82, 2.24) is 4.98 Å². The number of halogens is 3. The van der Waals surface area contributed by atoms with Crippen LogP contribution in [0.5, 0.6) is 5.75 Å². The van der Waals surface area contributed by atoms with Crippen LogP contribution >= 0.6 is 39.1 Å². The van der Waals surface area contributed by atoms with Crippen molar-refractivity contribution in [2.45, 2.75) is 0 Å². The van der Waals surface area contributed by atoms with Crippen molar-refractivity contribution < 1.29 is 9.53 Å². The van der Waals surface area contributed by atoms with Crippen LogP contribution in [0, 0.1) is 0 Å². The molecule has 2 rings (SSSR count). The number of nitrogens with one attached hydrogen (secondary N) is 1. The molecule has 0 spiro atoms. The predicted octanol–water partition coefficient (Wildman–Crippen LogP) is 4.41. The first-order valence-electron chi connectivity index (χ1n) is 5.47. The molecule has 0 saturated heterocycles. The fourth-order valence-electron chi connectivity index (χ4n) is 1.52. The first-order chi connectivity index (χ1) is 9.51. The molecule has 0 aliphatic rings. The second-order valence-corrected chi connectivity index (χ2v) is 5.44. The van der Waals surface area contributed by atoms with Gasteiger partial charge in [0.25, 0.3) is 5.91 Å². The minimum absolute atomic E-state index is 0.202. The van der Waals surface area contributed by atoms with Crippen LogP contribution in [0.4, 0.5) is 5.69 Å². The Morgan fingerprint density at radius 1 is 1.35 bits per heavy atom. The van der Waals surface area contributed by atoms with E-state index in [-0.39, 0.29) is 21.6 Å². The highest BCUT2D eigenvalue weighted by Gasteiger charge is 2.13. The van der Waals surface area contributed by atoms with Crippen LogP contribution in [-0.4, -0.2) is 18.0 Å². The second-order valence-electron chi connectivity index (χ2n) is 3.79. The molecule has 0 radical (unpaired) electrons. The lowest BCUT2D eigenvalue weighted by Gasteiger charge is -2.09. The molecule has 0 bridgehead atoms. The van der Waals surface area contributed by atoms with Gasteiger partial charge in [-0.15, -0.1) is 0 Å². The zero-order chi connectivity index (χ0) is 14.7. The lowest BCUT2D eigenvalue weighted by molar-refractivity contribution is 0.102. The summed E-state index contributed by atoms with van der Waals surface area (Å²) in [6.07, 6.45) is 1.33. The molecule has 0 atom stereocenters. The van der Waals surface area contributed by atoms with E-state index in [1.165, 1.54) is 12.3 Å². The molecule has 1 amide bonds. The number of ether oxygens (including phenoxy) is 1. The van der Waals surface area contributed by atoms with E-state index in [1.54, 1.807) is 25.3 Å². The molecule has 1 aromatic heterocycles. The lowest BCUT2D eigenvalue weighted by Crippen LogP contribution is -2.12. The predicted molar refractivity (Wildman–Crippen MR) is 82.9 cm³/mol. The summed E-state index contributed by atoms with van der Waals surface area (Å²) < 4.78 is 5.95. The minimum atomic E-state index is -0.372. The van der Waals surface area contributed by atoms with Crippen molar-refractivity contribution in [3.05, 3.63) is 50.7 Å². The summed E-state index contributed by atoms with van der Waals surface area (Å²) in [5, 5.41) is 3.15. The van der Waals surface area contributed by atoms with Gasteiger partial charge in [0.2, 0.25) is 0 Å². The Labute approximate surface area is 134 Å². The van der Waals surface area contributed by atoms with E-state index in [0.29, 0.717) is 11.4 Å². The van der Waals surface area contributed by atoms with Gasteiger partial charge in [0.1, 0.15) is 10.9 Å². The number of hydrogen-bond acceptors (Lipinski definition) is 3. The molecule has 0 saturated carbocycles. The molecule has 2 aromatic rings. The third-order valence-corrected chi connectivity index (χ3v) is 3.64. The van der Waals surface area contributed by atoms with Crippen LogP contribution < -0.4 is 10.1 Å². The Morgan fingerprint density at radius 2 is 2.10 bits per heavy atom. The molecule has 104 valence electrons. The van der Waals surface area contributed by atoms with E-state index >= 15 is 0 Å². The fourth-order valence-corrected chi connectivity index (χ4v) is 2.28. The Kier molecular flexibility index (Phi) is 4.86. The minimum Gasteiger partial charge on any atom is -0.495 e. The van der Waals surface area contributed by atoms with E-state index in [2.05, 4.69) is 26.2 Å². The van der Waals surface area contributed by atoms with Gasteiger partial charge in [-0.05, 0) is 34.1 Å². The van der Waals surface area contributed by atoms with Gasteiger partial charge in [-0.1, -0.05) is 23.2 Å². The van der Waals surface area contributed by atoms with Crippen molar-refractivity contribution in [2.24, 2.45) is 0 Å². The summed E-state index contributed by atoms with van der Waals surface area (Å²) in [5.41, 5.74) is 0.840. The van der Waals surface area contributed by atoms with Crippen molar-refractivity contribution in [3.63, 3.8) is 0 Å². The number of carbonyl (C=O) groups is 1. The molecule has 0 aliphatic heterocycles. The Balaban J connectivity index is 2.25. The molecule has 4 nitrogen and oxygen atoms in total. The number of aromatic nitrogens is 1. The molecule has 1 aromatic carbocycles. The topological polar surface area (TPSA) is 51.2 Å². The normalized spacial score (nSPS) is 10.2. The first-order valence-corrected chi connectivity index (χ1v) is 7.02. The van der Waals surface area contributed by atoms with Gasteiger partial charge in [-0.2, -0.15) is 0 Å². The van der Waals surface area contributed by atoms with E-state index in [0.717, 1.165) is 4.47 Å². The van der Waals surface area contributed by atoms with Gasteiger partial charge >= 0.3 is 0 Å². The maximum absolute atomic E-state index is 12.1. The zero-order valence-electron chi connectivity index (χ0n) is 10.3. The van der Waals surface area contributed by atoms with Crippen LogP contribution in [0.15, 0.2) is 34.9 Å².